The normalized spacial score (nSPS) is 10.7. The zero-order valence-corrected chi connectivity index (χ0v) is 16.3. The molecule has 144 valence electrons. The summed E-state index contributed by atoms with van der Waals surface area (Å²) in [5.74, 6) is 1.93. The van der Waals surface area contributed by atoms with Crippen LogP contribution >= 0.6 is 0 Å². The highest BCUT2D eigenvalue weighted by Crippen LogP contribution is 2.33. The molecule has 0 heterocycles. The van der Waals surface area contributed by atoms with Crippen molar-refractivity contribution in [2.45, 2.75) is 6.54 Å². The molecule has 0 N–H and O–H groups in total. The zero-order chi connectivity index (χ0) is 19.8. The molecule has 0 atom stereocenters. The summed E-state index contributed by atoms with van der Waals surface area (Å²) in [4.78, 5) is 0. The minimum atomic E-state index is 0.632. The number of hydrazone groups is 1. The third-order valence-electron chi connectivity index (χ3n) is 4.31. The van der Waals surface area contributed by atoms with E-state index in [1.165, 1.54) is 0 Å². The lowest BCUT2D eigenvalue weighted by molar-refractivity contribution is 0.374. The van der Waals surface area contributed by atoms with Gasteiger partial charge in [-0.15, -0.1) is 0 Å². The molecule has 0 aliphatic heterocycles. The second kappa shape index (κ2) is 9.46. The van der Waals surface area contributed by atoms with Crippen molar-refractivity contribution < 1.29 is 14.2 Å². The van der Waals surface area contributed by atoms with E-state index in [4.69, 9.17) is 19.3 Å². The Bertz CT molecular complexity index is 887. The van der Waals surface area contributed by atoms with Crippen molar-refractivity contribution in [3.63, 3.8) is 0 Å². The average molecular weight is 376 g/mol. The first kappa shape index (κ1) is 19.3. The minimum Gasteiger partial charge on any atom is -0.496 e. The van der Waals surface area contributed by atoms with Crippen LogP contribution in [0.2, 0.25) is 0 Å². The maximum atomic E-state index is 5.52. The van der Waals surface area contributed by atoms with E-state index in [9.17, 15) is 0 Å². The lowest BCUT2D eigenvalue weighted by Gasteiger charge is -2.20. The number of nitrogens with zero attached hydrogens (tertiary/aromatic N) is 2. The van der Waals surface area contributed by atoms with E-state index >= 15 is 0 Å². The van der Waals surface area contributed by atoms with E-state index in [1.807, 2.05) is 65.7 Å². The van der Waals surface area contributed by atoms with Gasteiger partial charge in [-0.05, 0) is 17.7 Å². The Morgan fingerprint density at radius 2 is 1.36 bits per heavy atom. The van der Waals surface area contributed by atoms with Crippen LogP contribution in [0.5, 0.6) is 17.2 Å². The van der Waals surface area contributed by atoms with Gasteiger partial charge in [-0.25, -0.2) is 0 Å². The predicted molar refractivity (Wildman–Crippen MR) is 113 cm³/mol. The molecule has 0 radical (unpaired) electrons. The number of para-hydroxylation sites is 1. The summed E-state index contributed by atoms with van der Waals surface area (Å²) in [5, 5.41) is 6.68. The van der Waals surface area contributed by atoms with E-state index in [2.05, 4.69) is 12.1 Å². The summed E-state index contributed by atoms with van der Waals surface area (Å²) < 4.78 is 16.3. The van der Waals surface area contributed by atoms with E-state index in [-0.39, 0.29) is 0 Å². The number of methoxy groups -OCH3 is 3. The zero-order valence-electron chi connectivity index (χ0n) is 16.3. The highest BCUT2D eigenvalue weighted by atomic mass is 16.5. The van der Waals surface area contributed by atoms with Crippen molar-refractivity contribution in [3.05, 3.63) is 83.9 Å². The van der Waals surface area contributed by atoms with Crippen LogP contribution in [0.3, 0.4) is 0 Å². The van der Waals surface area contributed by atoms with Crippen molar-refractivity contribution in [2.24, 2.45) is 5.10 Å². The molecule has 5 nitrogen and oxygen atoms in total. The molecule has 0 aliphatic carbocycles. The van der Waals surface area contributed by atoms with E-state index in [0.29, 0.717) is 23.8 Å². The van der Waals surface area contributed by atoms with Crippen LogP contribution < -0.4 is 19.2 Å². The second-order valence-electron chi connectivity index (χ2n) is 6.07. The Kier molecular flexibility index (Phi) is 6.52. The topological polar surface area (TPSA) is 43.3 Å². The van der Waals surface area contributed by atoms with Gasteiger partial charge in [-0.2, -0.15) is 5.10 Å². The first-order chi connectivity index (χ1) is 13.7. The Morgan fingerprint density at radius 3 is 1.89 bits per heavy atom. The maximum Gasteiger partial charge on any atom is 0.135 e. The molecular weight excluding hydrogens is 352 g/mol. The Labute approximate surface area is 165 Å². The average Bonchev–Trinajstić information content (AvgIpc) is 2.77. The molecule has 0 fully saturated rings. The van der Waals surface area contributed by atoms with Gasteiger partial charge in [0.15, 0.2) is 0 Å². The fraction of sp³-hybridized carbons (Fsp3) is 0.174. The molecule has 28 heavy (non-hydrogen) atoms. The van der Waals surface area contributed by atoms with Crippen molar-refractivity contribution in [1.82, 2.24) is 0 Å². The Morgan fingerprint density at radius 1 is 0.786 bits per heavy atom. The van der Waals surface area contributed by atoms with Gasteiger partial charge >= 0.3 is 0 Å². The standard InChI is InChI=1S/C23H24N2O3/c1-26-20-14-22(27-2)21(23(15-20)28-3)16-24-25(19-12-8-5-9-13-19)17-18-10-6-4-7-11-18/h4-16H,17H2,1-3H3/b24-16+. The number of benzene rings is 3. The third-order valence-corrected chi connectivity index (χ3v) is 4.31. The number of anilines is 1. The molecule has 0 aromatic heterocycles. The van der Waals surface area contributed by atoms with Crippen LogP contribution in [0.25, 0.3) is 0 Å². The molecule has 0 spiro atoms. The van der Waals surface area contributed by atoms with Gasteiger partial charge in [0.05, 0.1) is 45.3 Å². The highest BCUT2D eigenvalue weighted by molar-refractivity contribution is 5.88. The lowest BCUT2D eigenvalue weighted by atomic mass is 10.1. The summed E-state index contributed by atoms with van der Waals surface area (Å²) in [6.45, 7) is 0.641. The van der Waals surface area contributed by atoms with Crippen LogP contribution in [-0.4, -0.2) is 27.5 Å². The summed E-state index contributed by atoms with van der Waals surface area (Å²) in [5.41, 5.74) is 2.91. The fourth-order valence-corrected chi connectivity index (χ4v) is 2.84. The Balaban J connectivity index is 1.97. The van der Waals surface area contributed by atoms with Gasteiger partial charge in [0.1, 0.15) is 17.2 Å². The molecule has 0 unspecified atom stereocenters. The van der Waals surface area contributed by atoms with E-state index in [0.717, 1.165) is 16.8 Å². The van der Waals surface area contributed by atoms with Crippen molar-refractivity contribution in [2.75, 3.05) is 26.3 Å². The molecule has 0 aliphatic rings. The molecule has 0 saturated heterocycles. The molecule has 3 rings (SSSR count). The van der Waals surface area contributed by atoms with E-state index in [1.54, 1.807) is 27.5 Å². The minimum absolute atomic E-state index is 0.632. The SMILES string of the molecule is COc1cc(OC)c(/C=N/N(Cc2ccccc2)c2ccccc2)c(OC)c1. The molecular formula is C23H24N2O3. The maximum absolute atomic E-state index is 5.52. The highest BCUT2D eigenvalue weighted by Gasteiger charge is 2.13. The molecule has 3 aromatic carbocycles. The van der Waals surface area contributed by atoms with Gasteiger partial charge < -0.3 is 14.2 Å². The van der Waals surface area contributed by atoms with Crippen molar-refractivity contribution >= 4 is 11.9 Å². The first-order valence-corrected chi connectivity index (χ1v) is 8.95. The van der Waals surface area contributed by atoms with E-state index < -0.39 is 0 Å². The first-order valence-electron chi connectivity index (χ1n) is 8.95. The molecule has 5 heteroatoms. The molecule has 0 saturated carbocycles. The van der Waals surface area contributed by atoms with Crippen LogP contribution in [0.15, 0.2) is 77.9 Å². The summed E-state index contributed by atoms with van der Waals surface area (Å²) >= 11 is 0. The third kappa shape index (κ3) is 4.62. The molecule has 3 aromatic rings. The van der Waals surface area contributed by atoms with Gasteiger partial charge in [0, 0.05) is 12.1 Å². The van der Waals surface area contributed by atoms with Crippen LogP contribution in [0.1, 0.15) is 11.1 Å². The van der Waals surface area contributed by atoms with Gasteiger partial charge in [0.2, 0.25) is 0 Å². The molecule has 0 amide bonds. The van der Waals surface area contributed by atoms with Gasteiger partial charge in [-0.3, -0.25) is 5.01 Å². The monoisotopic (exact) mass is 376 g/mol. The quantitative estimate of drug-likeness (QED) is 0.420. The Hall–Kier alpha value is -3.47. The molecule has 0 bridgehead atoms. The summed E-state index contributed by atoms with van der Waals surface area (Å²) in [6, 6.07) is 23.9. The summed E-state index contributed by atoms with van der Waals surface area (Å²) in [6.07, 6.45) is 1.76. The van der Waals surface area contributed by atoms with Gasteiger partial charge in [-0.1, -0.05) is 48.5 Å². The van der Waals surface area contributed by atoms with Crippen molar-refractivity contribution in [1.29, 1.82) is 0 Å². The smallest absolute Gasteiger partial charge is 0.135 e. The van der Waals surface area contributed by atoms with Crippen LogP contribution in [0, 0.1) is 0 Å². The van der Waals surface area contributed by atoms with Crippen molar-refractivity contribution in [3.8, 4) is 17.2 Å². The predicted octanol–water partition coefficient (Wildman–Crippen LogP) is 4.75. The second-order valence-corrected chi connectivity index (χ2v) is 6.07. The van der Waals surface area contributed by atoms with Crippen LogP contribution in [0.4, 0.5) is 5.69 Å². The number of hydrogen-bond acceptors (Lipinski definition) is 5. The largest absolute Gasteiger partial charge is 0.496 e. The fourth-order valence-electron chi connectivity index (χ4n) is 2.84. The number of ether oxygens (including phenoxy) is 3. The van der Waals surface area contributed by atoms with Crippen LogP contribution in [-0.2, 0) is 6.54 Å². The summed E-state index contributed by atoms with van der Waals surface area (Å²) in [7, 11) is 4.84. The van der Waals surface area contributed by atoms with Gasteiger partial charge in [0.25, 0.3) is 0 Å². The number of hydrogen-bond donors (Lipinski definition) is 0. The lowest BCUT2D eigenvalue weighted by Crippen LogP contribution is -2.16. The number of rotatable bonds is 8.